The second kappa shape index (κ2) is 4.61. The van der Waals surface area contributed by atoms with Crippen molar-refractivity contribution in [3.05, 3.63) is 45.7 Å². The van der Waals surface area contributed by atoms with Gasteiger partial charge in [-0.1, -0.05) is 12.1 Å². The highest BCUT2D eigenvalue weighted by atomic mass is 127. The summed E-state index contributed by atoms with van der Waals surface area (Å²) in [4.78, 5) is 22.6. The number of carboxylic acids is 1. The van der Waals surface area contributed by atoms with E-state index in [0.717, 1.165) is 20.3 Å². The largest absolute Gasteiger partial charge is 0.478 e. The minimum absolute atomic E-state index is 0.257. The first-order valence-electron chi connectivity index (χ1n) is 5.49. The van der Waals surface area contributed by atoms with Gasteiger partial charge in [0.25, 0.3) is 0 Å². The molecular weight excluding hydrogens is 357 g/mol. The number of H-pyrrole nitrogens is 1. The molecule has 5 nitrogen and oxygen atoms in total. The lowest BCUT2D eigenvalue weighted by atomic mass is 10.1. The van der Waals surface area contributed by atoms with E-state index in [1.807, 2.05) is 6.07 Å². The van der Waals surface area contributed by atoms with Gasteiger partial charge in [-0.05, 0) is 40.8 Å². The number of carboxylic acid groups (broad SMARTS) is 1. The molecule has 0 aliphatic rings. The van der Waals surface area contributed by atoms with Crippen molar-refractivity contribution in [3.8, 4) is 11.4 Å². The Balaban J connectivity index is 2.09. The summed E-state index contributed by atoms with van der Waals surface area (Å²) in [5.41, 5.74) is 2.64. The van der Waals surface area contributed by atoms with Gasteiger partial charge in [0.15, 0.2) is 5.65 Å². The SMILES string of the molecule is O=C(O)c1ccc(-c2nc3c(I)ccnc3[nH]2)cc1. The van der Waals surface area contributed by atoms with Crippen LogP contribution in [0, 0.1) is 3.57 Å². The molecule has 2 aromatic heterocycles. The molecule has 19 heavy (non-hydrogen) atoms. The van der Waals surface area contributed by atoms with Gasteiger partial charge >= 0.3 is 5.97 Å². The van der Waals surface area contributed by atoms with E-state index in [0.29, 0.717) is 5.82 Å². The molecule has 3 aromatic rings. The Morgan fingerprint density at radius 1 is 1.21 bits per heavy atom. The Morgan fingerprint density at radius 3 is 2.58 bits per heavy atom. The van der Waals surface area contributed by atoms with E-state index in [4.69, 9.17) is 5.11 Å². The third kappa shape index (κ3) is 2.19. The van der Waals surface area contributed by atoms with Gasteiger partial charge in [-0.15, -0.1) is 0 Å². The molecule has 0 spiro atoms. The third-order valence-electron chi connectivity index (χ3n) is 2.74. The molecule has 1 aromatic carbocycles. The summed E-state index contributed by atoms with van der Waals surface area (Å²) in [6, 6.07) is 8.47. The van der Waals surface area contributed by atoms with Crippen LogP contribution in [0.3, 0.4) is 0 Å². The highest BCUT2D eigenvalue weighted by molar-refractivity contribution is 14.1. The van der Waals surface area contributed by atoms with Crippen molar-refractivity contribution in [2.24, 2.45) is 0 Å². The molecule has 0 unspecified atom stereocenters. The van der Waals surface area contributed by atoms with Crippen molar-refractivity contribution in [1.82, 2.24) is 15.0 Å². The number of imidazole rings is 1. The third-order valence-corrected chi connectivity index (χ3v) is 3.61. The minimum atomic E-state index is -0.938. The molecule has 2 heterocycles. The molecule has 0 amide bonds. The Hall–Kier alpha value is -1.96. The van der Waals surface area contributed by atoms with Crippen LogP contribution >= 0.6 is 22.6 Å². The van der Waals surface area contributed by atoms with Crippen LogP contribution in [0.1, 0.15) is 10.4 Å². The van der Waals surface area contributed by atoms with Gasteiger partial charge in [-0.25, -0.2) is 14.8 Å². The fourth-order valence-corrected chi connectivity index (χ4v) is 2.32. The van der Waals surface area contributed by atoms with Gasteiger partial charge in [0.1, 0.15) is 11.3 Å². The summed E-state index contributed by atoms with van der Waals surface area (Å²) in [5, 5.41) is 8.86. The number of fused-ring (bicyclic) bond motifs is 1. The number of aromatic amines is 1. The van der Waals surface area contributed by atoms with E-state index in [-0.39, 0.29) is 5.56 Å². The predicted octanol–water partition coefficient (Wildman–Crippen LogP) is 2.93. The van der Waals surface area contributed by atoms with Gasteiger partial charge in [0.05, 0.1) is 5.56 Å². The Kier molecular flexibility index (Phi) is 2.94. The zero-order chi connectivity index (χ0) is 13.4. The van der Waals surface area contributed by atoms with Gasteiger partial charge in [-0.2, -0.15) is 0 Å². The van der Waals surface area contributed by atoms with Crippen LogP contribution in [0.25, 0.3) is 22.6 Å². The maximum Gasteiger partial charge on any atom is 0.335 e. The van der Waals surface area contributed by atoms with Crippen LogP contribution < -0.4 is 0 Å². The Labute approximate surface area is 121 Å². The number of halogens is 1. The van der Waals surface area contributed by atoms with E-state index in [2.05, 4.69) is 37.5 Å². The molecular formula is C13H8IN3O2. The highest BCUT2D eigenvalue weighted by Crippen LogP contribution is 2.22. The van der Waals surface area contributed by atoms with E-state index >= 15 is 0 Å². The molecule has 0 atom stereocenters. The molecule has 94 valence electrons. The summed E-state index contributed by atoms with van der Waals surface area (Å²) in [7, 11) is 0. The van der Waals surface area contributed by atoms with Crippen molar-refractivity contribution in [1.29, 1.82) is 0 Å². The Bertz CT molecular complexity index is 765. The molecule has 6 heteroatoms. The number of nitrogens with zero attached hydrogens (tertiary/aromatic N) is 2. The number of pyridine rings is 1. The molecule has 0 saturated carbocycles. The quantitative estimate of drug-likeness (QED) is 0.685. The monoisotopic (exact) mass is 365 g/mol. The first kappa shape index (κ1) is 12.1. The van der Waals surface area contributed by atoms with Crippen LogP contribution in [0.5, 0.6) is 0 Å². The number of rotatable bonds is 2. The highest BCUT2D eigenvalue weighted by Gasteiger charge is 2.09. The van der Waals surface area contributed by atoms with Crippen molar-refractivity contribution in [3.63, 3.8) is 0 Å². The minimum Gasteiger partial charge on any atom is -0.478 e. The van der Waals surface area contributed by atoms with Crippen molar-refractivity contribution >= 4 is 39.7 Å². The van der Waals surface area contributed by atoms with E-state index in [1.165, 1.54) is 0 Å². The number of hydrogen-bond acceptors (Lipinski definition) is 3. The van der Waals surface area contributed by atoms with Crippen LogP contribution in [0.4, 0.5) is 0 Å². The standard InChI is InChI=1S/C13H8IN3O2/c14-9-5-6-15-12-10(9)16-11(17-12)7-1-3-8(4-2-7)13(18)19/h1-6H,(H,18,19)(H,15,16,17). The zero-order valence-electron chi connectivity index (χ0n) is 9.59. The van der Waals surface area contributed by atoms with E-state index < -0.39 is 5.97 Å². The first-order valence-corrected chi connectivity index (χ1v) is 6.57. The summed E-state index contributed by atoms with van der Waals surface area (Å²) in [5.74, 6) is -0.254. The summed E-state index contributed by atoms with van der Waals surface area (Å²) in [6.07, 6.45) is 1.72. The lowest BCUT2D eigenvalue weighted by molar-refractivity contribution is 0.0697. The predicted molar refractivity (Wildman–Crippen MR) is 79.0 cm³/mol. The molecule has 0 aliphatic heterocycles. The van der Waals surface area contributed by atoms with Crippen LogP contribution in [0.2, 0.25) is 0 Å². The molecule has 0 bridgehead atoms. The van der Waals surface area contributed by atoms with Gasteiger partial charge in [0, 0.05) is 15.3 Å². The maximum atomic E-state index is 10.8. The molecule has 0 radical (unpaired) electrons. The number of hydrogen-bond donors (Lipinski definition) is 2. The normalized spacial score (nSPS) is 10.8. The smallest absolute Gasteiger partial charge is 0.335 e. The lowest BCUT2D eigenvalue weighted by Gasteiger charge is -1.97. The topological polar surface area (TPSA) is 78.9 Å². The first-order chi connectivity index (χ1) is 9.15. The fourth-order valence-electron chi connectivity index (χ4n) is 1.79. The molecule has 0 saturated heterocycles. The van der Waals surface area contributed by atoms with Crippen molar-refractivity contribution in [2.45, 2.75) is 0 Å². The van der Waals surface area contributed by atoms with Crippen molar-refractivity contribution < 1.29 is 9.90 Å². The number of nitrogens with one attached hydrogen (secondary N) is 1. The van der Waals surface area contributed by atoms with Crippen LogP contribution in [-0.4, -0.2) is 26.0 Å². The molecule has 3 rings (SSSR count). The molecule has 0 fully saturated rings. The number of aromatic carboxylic acids is 1. The van der Waals surface area contributed by atoms with Crippen LogP contribution in [0.15, 0.2) is 36.5 Å². The van der Waals surface area contributed by atoms with Crippen LogP contribution in [-0.2, 0) is 0 Å². The van der Waals surface area contributed by atoms with E-state index in [9.17, 15) is 4.79 Å². The average Bonchev–Trinajstić information content (AvgIpc) is 2.84. The Morgan fingerprint density at radius 2 is 1.95 bits per heavy atom. The summed E-state index contributed by atoms with van der Waals surface area (Å²) >= 11 is 2.20. The zero-order valence-corrected chi connectivity index (χ0v) is 11.7. The second-order valence-corrected chi connectivity index (χ2v) is 5.12. The summed E-state index contributed by atoms with van der Waals surface area (Å²) < 4.78 is 1.02. The molecule has 0 aliphatic carbocycles. The summed E-state index contributed by atoms with van der Waals surface area (Å²) in [6.45, 7) is 0. The number of benzene rings is 1. The van der Waals surface area contributed by atoms with E-state index in [1.54, 1.807) is 30.5 Å². The molecule has 2 N–H and O–H groups in total. The average molecular weight is 365 g/mol. The number of aromatic nitrogens is 3. The lowest BCUT2D eigenvalue weighted by Crippen LogP contribution is -1.95. The van der Waals surface area contributed by atoms with Crippen molar-refractivity contribution in [2.75, 3.05) is 0 Å². The fraction of sp³-hybridized carbons (Fsp3) is 0. The van der Waals surface area contributed by atoms with Gasteiger partial charge < -0.3 is 10.1 Å². The van der Waals surface area contributed by atoms with Gasteiger partial charge in [-0.3, -0.25) is 0 Å². The number of carbonyl (C=O) groups is 1. The maximum absolute atomic E-state index is 10.8. The van der Waals surface area contributed by atoms with Gasteiger partial charge in [0.2, 0.25) is 0 Å². The second-order valence-electron chi connectivity index (χ2n) is 3.96.